The van der Waals surface area contributed by atoms with Crippen molar-refractivity contribution in [1.82, 2.24) is 15.5 Å². The molecule has 0 saturated carbocycles. The lowest BCUT2D eigenvalue weighted by atomic mass is 10.0. The molecule has 0 aliphatic carbocycles. The topological polar surface area (TPSA) is 97.0 Å². The predicted molar refractivity (Wildman–Crippen MR) is 142 cm³/mol. The van der Waals surface area contributed by atoms with E-state index in [-0.39, 0.29) is 12.3 Å². The monoisotopic (exact) mass is 499 g/mol. The van der Waals surface area contributed by atoms with E-state index in [1.54, 1.807) is 4.90 Å². The molecule has 2 N–H and O–H groups in total. The highest BCUT2D eigenvalue weighted by atomic mass is 16.6. The minimum absolute atomic E-state index is 0.000823. The zero-order valence-electron chi connectivity index (χ0n) is 22.5. The Labute approximate surface area is 214 Å². The third-order valence-corrected chi connectivity index (χ3v) is 5.12. The standard InChI is InChI=1S/C28H41N3O5/c1-27(2,3)35-25(33)29-16-10-18-31(19-11-17-30-26(34)36-28(4,5)6)24(32)20-22-14-9-13-21-12-7-8-15-23(21)22/h7-9,12-15H,10-11,16-20H2,1-6H3,(H,29,33)(H,30,34). The summed E-state index contributed by atoms with van der Waals surface area (Å²) in [6.45, 7) is 12.6. The summed E-state index contributed by atoms with van der Waals surface area (Å²) in [7, 11) is 0. The van der Waals surface area contributed by atoms with Gasteiger partial charge in [0, 0.05) is 26.2 Å². The van der Waals surface area contributed by atoms with Gasteiger partial charge in [0.2, 0.25) is 5.91 Å². The summed E-state index contributed by atoms with van der Waals surface area (Å²) in [5.74, 6) is 0.000823. The number of benzene rings is 2. The minimum atomic E-state index is -0.564. The maximum Gasteiger partial charge on any atom is 0.407 e. The fourth-order valence-electron chi connectivity index (χ4n) is 3.63. The average Bonchev–Trinajstić information content (AvgIpc) is 2.75. The molecule has 36 heavy (non-hydrogen) atoms. The van der Waals surface area contributed by atoms with E-state index in [0.29, 0.717) is 39.0 Å². The van der Waals surface area contributed by atoms with Crippen molar-refractivity contribution in [2.75, 3.05) is 26.2 Å². The van der Waals surface area contributed by atoms with Crippen molar-refractivity contribution in [3.05, 3.63) is 48.0 Å². The summed E-state index contributed by atoms with van der Waals surface area (Å²) >= 11 is 0. The third kappa shape index (κ3) is 11.0. The summed E-state index contributed by atoms with van der Waals surface area (Å²) in [6, 6.07) is 14.0. The molecule has 0 saturated heterocycles. The minimum Gasteiger partial charge on any atom is -0.444 e. The van der Waals surface area contributed by atoms with Crippen molar-refractivity contribution in [1.29, 1.82) is 0 Å². The maximum absolute atomic E-state index is 13.3. The van der Waals surface area contributed by atoms with Crippen LogP contribution >= 0.6 is 0 Å². The number of carbonyl (C=O) groups excluding carboxylic acids is 3. The van der Waals surface area contributed by atoms with Crippen LogP contribution in [0.25, 0.3) is 10.8 Å². The van der Waals surface area contributed by atoms with Gasteiger partial charge in [-0.1, -0.05) is 42.5 Å². The second kappa shape index (κ2) is 13.1. The van der Waals surface area contributed by atoms with Gasteiger partial charge >= 0.3 is 12.2 Å². The molecule has 0 spiro atoms. The number of hydrogen-bond donors (Lipinski definition) is 2. The number of nitrogens with zero attached hydrogens (tertiary/aromatic N) is 1. The fraction of sp³-hybridized carbons (Fsp3) is 0.536. The van der Waals surface area contributed by atoms with Crippen LogP contribution in [0.4, 0.5) is 9.59 Å². The van der Waals surface area contributed by atoms with E-state index < -0.39 is 23.4 Å². The molecule has 2 aromatic carbocycles. The molecule has 2 rings (SSSR count). The first kappa shape index (κ1) is 28.9. The van der Waals surface area contributed by atoms with Crippen molar-refractivity contribution < 1.29 is 23.9 Å². The van der Waals surface area contributed by atoms with Crippen LogP contribution in [0.3, 0.4) is 0 Å². The molecular weight excluding hydrogens is 458 g/mol. The Hall–Kier alpha value is -3.29. The van der Waals surface area contributed by atoms with Gasteiger partial charge in [0.25, 0.3) is 0 Å². The quantitative estimate of drug-likeness (QED) is 0.447. The number of alkyl carbamates (subject to hydrolysis) is 2. The maximum atomic E-state index is 13.3. The van der Waals surface area contributed by atoms with E-state index in [1.807, 2.05) is 84.0 Å². The molecular formula is C28H41N3O5. The Morgan fingerprint density at radius 1 is 0.750 bits per heavy atom. The smallest absolute Gasteiger partial charge is 0.407 e. The van der Waals surface area contributed by atoms with Crippen LogP contribution in [-0.4, -0.2) is 60.4 Å². The van der Waals surface area contributed by atoms with Crippen molar-refractivity contribution in [3.63, 3.8) is 0 Å². The van der Waals surface area contributed by atoms with Crippen LogP contribution in [0.2, 0.25) is 0 Å². The van der Waals surface area contributed by atoms with Gasteiger partial charge in [0.1, 0.15) is 11.2 Å². The number of carbonyl (C=O) groups is 3. The summed E-state index contributed by atoms with van der Waals surface area (Å²) < 4.78 is 10.5. The average molecular weight is 500 g/mol. The van der Waals surface area contributed by atoms with Crippen molar-refractivity contribution in [2.45, 2.75) is 72.0 Å². The number of nitrogens with one attached hydrogen (secondary N) is 2. The Balaban J connectivity index is 1.96. The van der Waals surface area contributed by atoms with E-state index in [0.717, 1.165) is 16.3 Å². The van der Waals surface area contributed by atoms with Crippen molar-refractivity contribution in [3.8, 4) is 0 Å². The molecule has 0 atom stereocenters. The van der Waals surface area contributed by atoms with Gasteiger partial charge in [0.15, 0.2) is 0 Å². The molecule has 0 aliphatic heterocycles. The van der Waals surface area contributed by atoms with Gasteiger partial charge in [-0.15, -0.1) is 0 Å². The molecule has 3 amide bonds. The Morgan fingerprint density at radius 2 is 1.25 bits per heavy atom. The molecule has 0 radical (unpaired) electrons. The van der Waals surface area contributed by atoms with E-state index in [9.17, 15) is 14.4 Å². The molecule has 0 aromatic heterocycles. The molecule has 198 valence electrons. The molecule has 0 bridgehead atoms. The normalized spacial score (nSPS) is 11.6. The van der Waals surface area contributed by atoms with E-state index in [1.165, 1.54) is 0 Å². The van der Waals surface area contributed by atoms with Crippen molar-refractivity contribution in [2.24, 2.45) is 0 Å². The third-order valence-electron chi connectivity index (χ3n) is 5.12. The van der Waals surface area contributed by atoms with Gasteiger partial charge in [-0.3, -0.25) is 4.79 Å². The van der Waals surface area contributed by atoms with Gasteiger partial charge in [-0.25, -0.2) is 9.59 Å². The summed E-state index contributed by atoms with van der Waals surface area (Å²) in [4.78, 5) is 38.9. The number of amides is 3. The van der Waals surface area contributed by atoms with E-state index in [2.05, 4.69) is 10.6 Å². The first-order valence-electron chi connectivity index (χ1n) is 12.5. The van der Waals surface area contributed by atoms with Crippen LogP contribution in [0.5, 0.6) is 0 Å². The van der Waals surface area contributed by atoms with Gasteiger partial charge in [0.05, 0.1) is 6.42 Å². The lowest BCUT2D eigenvalue weighted by Crippen LogP contribution is -2.39. The molecule has 2 aromatic rings. The zero-order chi connectivity index (χ0) is 26.8. The van der Waals surface area contributed by atoms with Crippen LogP contribution < -0.4 is 10.6 Å². The van der Waals surface area contributed by atoms with Gasteiger partial charge in [-0.05, 0) is 70.7 Å². The SMILES string of the molecule is CC(C)(C)OC(=O)NCCCN(CCCNC(=O)OC(C)(C)C)C(=O)Cc1cccc2ccccc12. The van der Waals surface area contributed by atoms with E-state index in [4.69, 9.17) is 9.47 Å². The number of rotatable bonds is 10. The molecule has 0 heterocycles. The summed E-state index contributed by atoms with van der Waals surface area (Å²) in [5, 5.41) is 7.63. The summed E-state index contributed by atoms with van der Waals surface area (Å²) in [6.07, 6.45) is 0.496. The first-order chi connectivity index (χ1) is 16.8. The largest absolute Gasteiger partial charge is 0.444 e. The molecule has 8 heteroatoms. The molecule has 0 fully saturated rings. The number of ether oxygens (including phenoxy) is 2. The Kier molecular flexibility index (Phi) is 10.6. The van der Waals surface area contributed by atoms with Crippen LogP contribution in [0, 0.1) is 0 Å². The van der Waals surface area contributed by atoms with Gasteiger partial charge < -0.3 is 25.0 Å². The second-order valence-corrected chi connectivity index (χ2v) is 10.8. The number of hydrogen-bond acceptors (Lipinski definition) is 5. The molecule has 8 nitrogen and oxygen atoms in total. The lowest BCUT2D eigenvalue weighted by molar-refractivity contribution is -0.130. The first-order valence-corrected chi connectivity index (χ1v) is 12.5. The highest BCUT2D eigenvalue weighted by Gasteiger charge is 2.18. The predicted octanol–water partition coefficient (Wildman–Crippen LogP) is 5.04. The van der Waals surface area contributed by atoms with Crippen LogP contribution in [0.15, 0.2) is 42.5 Å². The van der Waals surface area contributed by atoms with Crippen molar-refractivity contribution >= 4 is 28.9 Å². The highest BCUT2D eigenvalue weighted by molar-refractivity contribution is 5.90. The van der Waals surface area contributed by atoms with Crippen LogP contribution in [-0.2, 0) is 20.7 Å². The Morgan fingerprint density at radius 3 is 1.78 bits per heavy atom. The summed E-state index contributed by atoms with van der Waals surface area (Å²) in [5.41, 5.74) is -0.154. The zero-order valence-corrected chi connectivity index (χ0v) is 22.5. The molecule has 0 aliphatic rings. The lowest BCUT2D eigenvalue weighted by Gasteiger charge is -2.24. The fourth-order valence-corrected chi connectivity index (χ4v) is 3.63. The second-order valence-electron chi connectivity index (χ2n) is 10.8. The van der Waals surface area contributed by atoms with Gasteiger partial charge in [-0.2, -0.15) is 0 Å². The highest BCUT2D eigenvalue weighted by Crippen LogP contribution is 2.19. The Bertz CT molecular complexity index is 983. The molecule has 0 unspecified atom stereocenters. The van der Waals surface area contributed by atoms with Crippen LogP contribution in [0.1, 0.15) is 59.9 Å². The number of fused-ring (bicyclic) bond motifs is 1. The van der Waals surface area contributed by atoms with E-state index >= 15 is 0 Å².